The van der Waals surface area contributed by atoms with Crippen LogP contribution in [0.2, 0.25) is 0 Å². The Morgan fingerprint density at radius 1 is 1.33 bits per heavy atom. The molecule has 1 N–H and O–H groups in total. The number of hydrogen-bond donors (Lipinski definition) is 1. The Morgan fingerprint density at radius 2 is 2.08 bits per heavy atom. The minimum atomic E-state index is -3.65. The molecule has 1 atom stereocenters. The molecule has 8 nitrogen and oxygen atoms in total. The van der Waals surface area contributed by atoms with Crippen molar-refractivity contribution in [2.45, 2.75) is 38.1 Å². The Bertz CT molecular complexity index is 970. The molecule has 0 bridgehead atoms. The van der Waals surface area contributed by atoms with Crippen molar-refractivity contribution < 1.29 is 12.9 Å². The highest BCUT2D eigenvalue weighted by atomic mass is 32.2. The summed E-state index contributed by atoms with van der Waals surface area (Å²) >= 11 is 0. The van der Waals surface area contributed by atoms with Crippen molar-refractivity contribution in [1.82, 2.24) is 24.9 Å². The zero-order valence-corrected chi connectivity index (χ0v) is 14.8. The number of rotatable bonds is 5. The van der Waals surface area contributed by atoms with E-state index < -0.39 is 10.0 Å². The molecule has 2 aromatic heterocycles. The number of aryl methyl sites for hydroxylation is 3. The van der Waals surface area contributed by atoms with Crippen LogP contribution in [0.5, 0.6) is 0 Å². The van der Waals surface area contributed by atoms with Gasteiger partial charge in [0.25, 0.3) is 0 Å². The first-order chi connectivity index (χ1) is 11.3. The van der Waals surface area contributed by atoms with Crippen molar-refractivity contribution >= 4 is 21.1 Å². The predicted molar refractivity (Wildman–Crippen MR) is 88.0 cm³/mol. The number of nitrogens with one attached hydrogen (secondary N) is 1. The normalized spacial score (nSPS) is 13.5. The third-order valence-corrected chi connectivity index (χ3v) is 5.53. The van der Waals surface area contributed by atoms with Crippen LogP contribution in [-0.2, 0) is 23.5 Å². The molecule has 128 valence electrons. The van der Waals surface area contributed by atoms with Gasteiger partial charge in [-0.1, -0.05) is 10.4 Å². The number of nitrogens with zero attached hydrogens (tertiary/aromatic N) is 4. The highest BCUT2D eigenvalue weighted by Crippen LogP contribution is 2.18. The third-order valence-electron chi connectivity index (χ3n) is 3.94. The van der Waals surface area contributed by atoms with E-state index in [2.05, 4.69) is 20.2 Å². The van der Waals surface area contributed by atoms with Crippen molar-refractivity contribution in [2.24, 2.45) is 7.05 Å². The van der Waals surface area contributed by atoms with Gasteiger partial charge in [0.2, 0.25) is 10.0 Å². The molecule has 0 radical (unpaired) electrons. The van der Waals surface area contributed by atoms with Crippen LogP contribution in [-0.4, -0.2) is 34.6 Å². The summed E-state index contributed by atoms with van der Waals surface area (Å²) in [6.07, 6.45) is 0.508. The fraction of sp³-hybridized carbons (Fsp3) is 0.400. The number of aromatic nitrogens is 4. The second kappa shape index (κ2) is 5.99. The van der Waals surface area contributed by atoms with E-state index in [-0.39, 0.29) is 10.9 Å². The van der Waals surface area contributed by atoms with Gasteiger partial charge in [-0.3, -0.25) is 0 Å². The first-order valence-electron chi connectivity index (χ1n) is 7.51. The van der Waals surface area contributed by atoms with E-state index in [0.29, 0.717) is 17.7 Å². The molecule has 0 aliphatic rings. The van der Waals surface area contributed by atoms with E-state index in [1.165, 1.54) is 6.07 Å². The van der Waals surface area contributed by atoms with Crippen molar-refractivity contribution in [3.05, 3.63) is 35.2 Å². The molecular formula is C15H19N5O3S. The lowest BCUT2D eigenvalue weighted by Gasteiger charge is -2.14. The van der Waals surface area contributed by atoms with Crippen LogP contribution in [0.25, 0.3) is 11.0 Å². The van der Waals surface area contributed by atoms with Gasteiger partial charge in [0.05, 0.1) is 16.1 Å². The second-order valence-corrected chi connectivity index (χ2v) is 7.61. The van der Waals surface area contributed by atoms with Gasteiger partial charge in [-0.05, 0) is 45.4 Å². The predicted octanol–water partition coefficient (Wildman–Crippen LogP) is 1.48. The summed E-state index contributed by atoms with van der Waals surface area (Å²) in [5.41, 5.74) is 3.02. The van der Waals surface area contributed by atoms with Crippen molar-refractivity contribution in [3.63, 3.8) is 0 Å². The molecule has 0 saturated carbocycles. The maximum atomic E-state index is 12.6. The Hall–Kier alpha value is -2.26. The molecule has 0 spiro atoms. The molecule has 0 aliphatic carbocycles. The van der Waals surface area contributed by atoms with Crippen molar-refractivity contribution in [3.8, 4) is 0 Å². The molecular weight excluding hydrogens is 330 g/mol. The summed E-state index contributed by atoms with van der Waals surface area (Å²) in [5, 5.41) is 11.7. The first-order valence-corrected chi connectivity index (χ1v) is 9.00. The van der Waals surface area contributed by atoms with Crippen molar-refractivity contribution in [1.29, 1.82) is 0 Å². The van der Waals surface area contributed by atoms with Crippen LogP contribution in [0, 0.1) is 13.8 Å². The Balaban J connectivity index is 1.81. The fourth-order valence-corrected chi connectivity index (χ4v) is 3.92. The van der Waals surface area contributed by atoms with Crippen LogP contribution < -0.4 is 4.72 Å². The van der Waals surface area contributed by atoms with Crippen LogP contribution >= 0.6 is 0 Å². The maximum Gasteiger partial charge on any atom is 0.240 e. The fourth-order valence-electron chi connectivity index (χ4n) is 2.66. The van der Waals surface area contributed by atoms with E-state index >= 15 is 0 Å². The molecule has 0 aliphatic heterocycles. The molecule has 3 rings (SSSR count). The smallest absolute Gasteiger partial charge is 0.240 e. The monoisotopic (exact) mass is 349 g/mol. The lowest BCUT2D eigenvalue weighted by Crippen LogP contribution is -2.34. The van der Waals surface area contributed by atoms with Gasteiger partial charge < -0.3 is 4.52 Å². The maximum absolute atomic E-state index is 12.6. The summed E-state index contributed by atoms with van der Waals surface area (Å²) in [5.74, 6) is 0.708. The lowest BCUT2D eigenvalue weighted by molar-refractivity contribution is 0.392. The number of hydrogen-bond acceptors (Lipinski definition) is 6. The zero-order valence-electron chi connectivity index (χ0n) is 13.9. The Morgan fingerprint density at radius 3 is 2.75 bits per heavy atom. The molecule has 0 saturated heterocycles. The number of benzene rings is 1. The minimum Gasteiger partial charge on any atom is -0.361 e. The van der Waals surface area contributed by atoms with Crippen LogP contribution in [0.1, 0.15) is 23.9 Å². The topological polar surface area (TPSA) is 103 Å². The summed E-state index contributed by atoms with van der Waals surface area (Å²) in [4.78, 5) is 0.168. The van der Waals surface area contributed by atoms with E-state index in [1.807, 2.05) is 20.8 Å². The summed E-state index contributed by atoms with van der Waals surface area (Å²) < 4.78 is 34.6. The summed E-state index contributed by atoms with van der Waals surface area (Å²) in [7, 11) is -1.89. The van der Waals surface area contributed by atoms with Crippen LogP contribution in [0.3, 0.4) is 0 Å². The van der Waals surface area contributed by atoms with Gasteiger partial charge in [0.1, 0.15) is 11.3 Å². The average molecular weight is 349 g/mol. The summed E-state index contributed by atoms with van der Waals surface area (Å²) in [6.45, 7) is 5.47. The lowest BCUT2D eigenvalue weighted by atomic mass is 10.1. The highest BCUT2D eigenvalue weighted by molar-refractivity contribution is 7.89. The first kappa shape index (κ1) is 16.6. The number of fused-ring (bicyclic) bond motifs is 1. The molecule has 0 unspecified atom stereocenters. The van der Waals surface area contributed by atoms with E-state index in [0.717, 1.165) is 16.8 Å². The van der Waals surface area contributed by atoms with E-state index in [1.54, 1.807) is 23.9 Å². The third kappa shape index (κ3) is 3.04. The molecule has 0 fully saturated rings. The average Bonchev–Trinajstić information content (AvgIpc) is 3.04. The van der Waals surface area contributed by atoms with Gasteiger partial charge in [0.15, 0.2) is 0 Å². The quantitative estimate of drug-likeness (QED) is 0.748. The Labute approximate surface area is 139 Å². The standard InChI is InChI=1S/C15H19N5O3S/c1-9(7-13-10(2)17-23-11(13)3)18-24(21,22)12-5-6-15-14(8-12)16-19-20(15)4/h5-6,8-9,18H,7H2,1-4H3/t9-/m0/s1. The van der Waals surface area contributed by atoms with Crippen LogP contribution in [0.15, 0.2) is 27.6 Å². The molecule has 1 aromatic carbocycles. The van der Waals surface area contributed by atoms with Gasteiger partial charge in [-0.2, -0.15) is 0 Å². The van der Waals surface area contributed by atoms with E-state index in [4.69, 9.17) is 4.52 Å². The number of sulfonamides is 1. The second-order valence-electron chi connectivity index (χ2n) is 5.89. The van der Waals surface area contributed by atoms with E-state index in [9.17, 15) is 8.42 Å². The van der Waals surface area contributed by atoms with Crippen molar-refractivity contribution in [2.75, 3.05) is 0 Å². The highest BCUT2D eigenvalue weighted by Gasteiger charge is 2.21. The van der Waals surface area contributed by atoms with Gasteiger partial charge in [0, 0.05) is 18.7 Å². The van der Waals surface area contributed by atoms with Crippen LogP contribution in [0.4, 0.5) is 0 Å². The SMILES string of the molecule is Cc1noc(C)c1C[C@H](C)NS(=O)(=O)c1ccc2c(c1)nnn2C. The minimum absolute atomic E-state index is 0.168. The molecule has 3 aromatic rings. The van der Waals surface area contributed by atoms with Gasteiger partial charge in [-0.25, -0.2) is 17.8 Å². The largest absolute Gasteiger partial charge is 0.361 e. The molecule has 0 amide bonds. The van der Waals surface area contributed by atoms with Gasteiger partial charge in [-0.15, -0.1) is 5.10 Å². The summed E-state index contributed by atoms with van der Waals surface area (Å²) in [6, 6.07) is 4.47. The zero-order chi connectivity index (χ0) is 17.5. The molecule has 24 heavy (non-hydrogen) atoms. The Kier molecular flexibility index (Phi) is 4.14. The molecule has 2 heterocycles. The van der Waals surface area contributed by atoms with Gasteiger partial charge >= 0.3 is 0 Å². The molecule has 9 heteroatoms.